The van der Waals surface area contributed by atoms with E-state index in [0.29, 0.717) is 0 Å². The van der Waals surface area contributed by atoms with E-state index >= 15 is 0 Å². The number of aliphatic hydroxyl groups is 2. The zero-order valence-corrected chi connectivity index (χ0v) is 8.22. The molecular weight excluding hydrogens is 224 g/mol. The fourth-order valence-corrected chi connectivity index (χ4v) is 1.06. The number of pyridine rings is 1. The van der Waals surface area contributed by atoms with E-state index in [0.717, 1.165) is 19.2 Å². The predicted molar refractivity (Wildman–Crippen MR) is 47.1 cm³/mol. The summed E-state index contributed by atoms with van der Waals surface area (Å²) in [6.45, 7) is 0. The molecule has 7 heteroatoms. The maximum atomic E-state index is 13.1. The zero-order chi connectivity index (χ0) is 12.3. The standard InChI is InChI=1S/C9H9F2NO4/c1-16-9(15)7(14)6(13)4-2-3-5(10)12-8(4)11/h2-3,6-7,13-14H,1H3. The van der Waals surface area contributed by atoms with Gasteiger partial charge in [0, 0.05) is 5.56 Å². The summed E-state index contributed by atoms with van der Waals surface area (Å²) in [7, 11) is 0.998. The zero-order valence-electron chi connectivity index (χ0n) is 8.22. The van der Waals surface area contributed by atoms with Crippen LogP contribution in [0.3, 0.4) is 0 Å². The monoisotopic (exact) mass is 233 g/mol. The number of rotatable bonds is 3. The first-order chi connectivity index (χ1) is 7.47. The molecule has 0 aliphatic rings. The lowest BCUT2D eigenvalue weighted by atomic mass is 10.1. The fraction of sp³-hybridized carbons (Fsp3) is 0.333. The molecule has 5 nitrogen and oxygen atoms in total. The van der Waals surface area contributed by atoms with Crippen LogP contribution >= 0.6 is 0 Å². The van der Waals surface area contributed by atoms with Gasteiger partial charge in [-0.1, -0.05) is 0 Å². The number of hydrogen-bond donors (Lipinski definition) is 2. The maximum Gasteiger partial charge on any atom is 0.337 e. The molecule has 0 aromatic carbocycles. The molecule has 0 amide bonds. The summed E-state index contributed by atoms with van der Waals surface area (Å²) in [6.07, 6.45) is -3.81. The van der Waals surface area contributed by atoms with Crippen molar-refractivity contribution in [2.24, 2.45) is 0 Å². The van der Waals surface area contributed by atoms with Crippen molar-refractivity contribution in [2.75, 3.05) is 7.11 Å². The second-order valence-corrected chi connectivity index (χ2v) is 2.93. The van der Waals surface area contributed by atoms with Crippen molar-refractivity contribution in [1.82, 2.24) is 4.98 Å². The first kappa shape index (κ1) is 12.5. The molecule has 0 radical (unpaired) electrons. The Hall–Kier alpha value is -1.60. The van der Waals surface area contributed by atoms with Crippen LogP contribution in [0.1, 0.15) is 11.7 Å². The Kier molecular flexibility index (Phi) is 3.86. The minimum Gasteiger partial charge on any atom is -0.467 e. The topological polar surface area (TPSA) is 79.7 Å². The SMILES string of the molecule is COC(=O)C(O)C(O)c1ccc(F)nc1F. The summed E-state index contributed by atoms with van der Waals surface area (Å²) in [5, 5.41) is 18.6. The second kappa shape index (κ2) is 4.95. The van der Waals surface area contributed by atoms with Crippen LogP contribution in [0.2, 0.25) is 0 Å². The predicted octanol–water partition coefficient (Wildman–Crippen LogP) is -0.0729. The van der Waals surface area contributed by atoms with Crippen LogP contribution in [0.4, 0.5) is 8.78 Å². The third-order valence-electron chi connectivity index (χ3n) is 1.90. The van der Waals surface area contributed by atoms with Gasteiger partial charge in [0.05, 0.1) is 7.11 Å². The molecule has 0 saturated carbocycles. The van der Waals surface area contributed by atoms with Gasteiger partial charge in [-0.15, -0.1) is 0 Å². The van der Waals surface area contributed by atoms with Crippen molar-refractivity contribution in [2.45, 2.75) is 12.2 Å². The quantitative estimate of drug-likeness (QED) is 0.564. The highest BCUT2D eigenvalue weighted by atomic mass is 19.1. The Bertz CT molecular complexity index is 399. The minimum atomic E-state index is -1.95. The number of carbonyl (C=O) groups excluding carboxylic acids is 1. The molecule has 0 aliphatic carbocycles. The molecule has 16 heavy (non-hydrogen) atoms. The lowest BCUT2D eigenvalue weighted by Gasteiger charge is -2.15. The van der Waals surface area contributed by atoms with Crippen molar-refractivity contribution in [3.63, 3.8) is 0 Å². The molecule has 2 unspecified atom stereocenters. The second-order valence-electron chi connectivity index (χ2n) is 2.93. The van der Waals surface area contributed by atoms with E-state index < -0.39 is 35.6 Å². The van der Waals surface area contributed by atoms with Gasteiger partial charge < -0.3 is 14.9 Å². The summed E-state index contributed by atoms with van der Waals surface area (Å²) in [4.78, 5) is 13.7. The van der Waals surface area contributed by atoms with E-state index in [2.05, 4.69) is 9.72 Å². The average Bonchev–Trinajstić information content (AvgIpc) is 2.26. The highest BCUT2D eigenvalue weighted by molar-refractivity contribution is 5.75. The van der Waals surface area contributed by atoms with Gasteiger partial charge in [0.2, 0.25) is 11.9 Å². The van der Waals surface area contributed by atoms with E-state index in [9.17, 15) is 23.8 Å². The van der Waals surface area contributed by atoms with Gasteiger partial charge in [-0.2, -0.15) is 13.8 Å². The number of methoxy groups -OCH3 is 1. The third kappa shape index (κ3) is 2.50. The Morgan fingerprint density at radius 2 is 2.06 bits per heavy atom. The van der Waals surface area contributed by atoms with E-state index in [-0.39, 0.29) is 0 Å². The largest absolute Gasteiger partial charge is 0.467 e. The fourth-order valence-electron chi connectivity index (χ4n) is 1.06. The maximum absolute atomic E-state index is 13.1. The molecule has 2 atom stereocenters. The normalized spacial score (nSPS) is 14.3. The lowest BCUT2D eigenvalue weighted by Crippen LogP contribution is -2.29. The molecule has 1 rings (SSSR count). The molecule has 88 valence electrons. The van der Waals surface area contributed by atoms with Crippen molar-refractivity contribution in [1.29, 1.82) is 0 Å². The van der Waals surface area contributed by atoms with Crippen LogP contribution in [0.15, 0.2) is 12.1 Å². The molecule has 1 aromatic heterocycles. The first-order valence-electron chi connectivity index (χ1n) is 4.23. The van der Waals surface area contributed by atoms with Gasteiger partial charge in [0.1, 0.15) is 6.10 Å². The van der Waals surface area contributed by atoms with E-state index in [1.165, 1.54) is 0 Å². The number of aliphatic hydroxyl groups excluding tert-OH is 2. The molecule has 0 bridgehead atoms. The smallest absolute Gasteiger partial charge is 0.337 e. The summed E-state index contributed by atoms with van der Waals surface area (Å²) in [6, 6.07) is 1.68. The van der Waals surface area contributed by atoms with Crippen molar-refractivity contribution in [3.8, 4) is 0 Å². The van der Waals surface area contributed by atoms with Crippen molar-refractivity contribution < 1.29 is 28.5 Å². The van der Waals surface area contributed by atoms with Crippen LogP contribution in [-0.2, 0) is 9.53 Å². The number of esters is 1. The summed E-state index contributed by atoms with van der Waals surface area (Å²) in [5.74, 6) is -3.49. The van der Waals surface area contributed by atoms with E-state index in [1.807, 2.05) is 0 Å². The van der Waals surface area contributed by atoms with Gasteiger partial charge in [0.25, 0.3) is 0 Å². The van der Waals surface area contributed by atoms with Crippen LogP contribution in [-0.4, -0.2) is 34.4 Å². The Balaban J connectivity index is 2.96. The highest BCUT2D eigenvalue weighted by Gasteiger charge is 2.29. The van der Waals surface area contributed by atoms with Gasteiger partial charge in [-0.3, -0.25) is 0 Å². The number of aromatic nitrogens is 1. The van der Waals surface area contributed by atoms with Crippen molar-refractivity contribution >= 4 is 5.97 Å². The molecule has 0 spiro atoms. The molecule has 0 saturated heterocycles. The third-order valence-corrected chi connectivity index (χ3v) is 1.90. The van der Waals surface area contributed by atoms with Crippen LogP contribution in [0.5, 0.6) is 0 Å². The summed E-state index contributed by atoms with van der Waals surface area (Å²) in [5.41, 5.74) is -0.487. The van der Waals surface area contributed by atoms with E-state index in [1.54, 1.807) is 0 Å². The summed E-state index contributed by atoms with van der Waals surface area (Å²) >= 11 is 0. The number of carbonyl (C=O) groups is 1. The average molecular weight is 233 g/mol. The first-order valence-corrected chi connectivity index (χ1v) is 4.23. The molecule has 0 aliphatic heterocycles. The minimum absolute atomic E-state index is 0.487. The molecule has 0 fully saturated rings. The number of hydrogen-bond acceptors (Lipinski definition) is 5. The van der Waals surface area contributed by atoms with Crippen LogP contribution in [0, 0.1) is 11.9 Å². The lowest BCUT2D eigenvalue weighted by molar-refractivity contribution is -0.156. The van der Waals surface area contributed by atoms with E-state index in [4.69, 9.17) is 0 Å². The van der Waals surface area contributed by atoms with Gasteiger partial charge in [-0.05, 0) is 12.1 Å². The number of halogens is 2. The molecule has 1 aromatic rings. The Morgan fingerprint density at radius 3 is 2.56 bits per heavy atom. The highest BCUT2D eigenvalue weighted by Crippen LogP contribution is 2.19. The molecule has 1 heterocycles. The number of nitrogens with zero attached hydrogens (tertiary/aromatic N) is 1. The van der Waals surface area contributed by atoms with Crippen molar-refractivity contribution in [3.05, 3.63) is 29.6 Å². The molecular formula is C9H9F2NO4. The van der Waals surface area contributed by atoms with Crippen LogP contribution < -0.4 is 0 Å². The Morgan fingerprint density at radius 1 is 1.44 bits per heavy atom. The van der Waals surface area contributed by atoms with Crippen LogP contribution in [0.25, 0.3) is 0 Å². The van der Waals surface area contributed by atoms with Gasteiger partial charge >= 0.3 is 5.97 Å². The Labute approximate surface area is 89.3 Å². The van der Waals surface area contributed by atoms with Gasteiger partial charge in [0.15, 0.2) is 6.10 Å². The summed E-state index contributed by atoms with van der Waals surface area (Å²) < 4.78 is 29.7. The van der Waals surface area contributed by atoms with Gasteiger partial charge in [-0.25, -0.2) is 4.79 Å². The number of ether oxygens (including phenoxy) is 1. The molecule has 2 N–H and O–H groups in total.